The molecule has 1 aromatic carbocycles. The molecule has 2 N–H and O–H groups in total. The first-order chi connectivity index (χ1) is 7.58. The summed E-state index contributed by atoms with van der Waals surface area (Å²) in [5.74, 6) is 0.706. The van der Waals surface area contributed by atoms with Gasteiger partial charge in [-0.15, -0.1) is 0 Å². The molecular formula is C13H17N3. The van der Waals surface area contributed by atoms with Crippen LogP contribution in [0.25, 0.3) is 0 Å². The van der Waals surface area contributed by atoms with Crippen LogP contribution in [0, 0.1) is 20.8 Å². The number of nitrogens with zero attached hydrogens (tertiary/aromatic N) is 2. The van der Waals surface area contributed by atoms with E-state index < -0.39 is 0 Å². The minimum absolute atomic E-state index is 0.706. The van der Waals surface area contributed by atoms with Gasteiger partial charge in [0.15, 0.2) is 0 Å². The van der Waals surface area contributed by atoms with Crippen LogP contribution in [0.2, 0.25) is 0 Å². The Balaban J connectivity index is 2.35. The minimum Gasteiger partial charge on any atom is -0.384 e. The lowest BCUT2D eigenvalue weighted by Crippen LogP contribution is -2.07. The first-order valence-electron chi connectivity index (χ1n) is 5.42. The Morgan fingerprint density at radius 1 is 1.12 bits per heavy atom. The zero-order valence-corrected chi connectivity index (χ0v) is 9.99. The quantitative estimate of drug-likeness (QED) is 0.836. The van der Waals surface area contributed by atoms with Crippen molar-refractivity contribution >= 4 is 5.82 Å². The molecule has 0 amide bonds. The fraction of sp³-hybridized carbons (Fsp3) is 0.308. The summed E-state index contributed by atoms with van der Waals surface area (Å²) in [7, 11) is 0. The zero-order chi connectivity index (χ0) is 11.7. The fourth-order valence-electron chi connectivity index (χ4n) is 1.83. The summed E-state index contributed by atoms with van der Waals surface area (Å²) in [6, 6.07) is 6.24. The molecule has 3 nitrogen and oxygen atoms in total. The van der Waals surface area contributed by atoms with E-state index in [2.05, 4.69) is 38.0 Å². The Morgan fingerprint density at radius 2 is 1.81 bits per heavy atom. The number of benzene rings is 1. The molecule has 1 aromatic heterocycles. The highest BCUT2D eigenvalue weighted by Crippen LogP contribution is 2.17. The van der Waals surface area contributed by atoms with Gasteiger partial charge < -0.3 is 5.73 Å². The highest BCUT2D eigenvalue weighted by Gasteiger charge is 2.04. The number of nitrogen functional groups attached to an aromatic ring is 1. The lowest BCUT2D eigenvalue weighted by atomic mass is 10.0. The van der Waals surface area contributed by atoms with Crippen LogP contribution in [0.1, 0.15) is 22.3 Å². The Bertz CT molecular complexity index is 512. The van der Waals surface area contributed by atoms with E-state index in [1.54, 1.807) is 6.20 Å². The van der Waals surface area contributed by atoms with Crippen LogP contribution in [0.3, 0.4) is 0 Å². The topological polar surface area (TPSA) is 43.8 Å². The monoisotopic (exact) mass is 215 g/mol. The lowest BCUT2D eigenvalue weighted by Gasteiger charge is -2.10. The number of hydrogen-bond donors (Lipinski definition) is 1. The van der Waals surface area contributed by atoms with Gasteiger partial charge in [0.2, 0.25) is 0 Å². The number of rotatable bonds is 2. The van der Waals surface area contributed by atoms with Gasteiger partial charge in [0.25, 0.3) is 0 Å². The van der Waals surface area contributed by atoms with Gasteiger partial charge in [0.1, 0.15) is 5.82 Å². The van der Waals surface area contributed by atoms with Crippen molar-refractivity contribution in [3.63, 3.8) is 0 Å². The molecule has 84 valence electrons. The molecule has 0 unspecified atom stereocenters. The third-order valence-corrected chi connectivity index (χ3v) is 3.02. The average molecular weight is 215 g/mol. The Morgan fingerprint density at radius 3 is 2.44 bits per heavy atom. The molecule has 0 fully saturated rings. The van der Waals surface area contributed by atoms with Crippen LogP contribution in [0.15, 0.2) is 24.4 Å². The van der Waals surface area contributed by atoms with Crippen molar-refractivity contribution in [2.24, 2.45) is 0 Å². The Labute approximate surface area is 95.9 Å². The van der Waals surface area contributed by atoms with E-state index in [9.17, 15) is 0 Å². The van der Waals surface area contributed by atoms with Gasteiger partial charge in [0, 0.05) is 0 Å². The van der Waals surface area contributed by atoms with Gasteiger partial charge in [-0.3, -0.25) is 0 Å². The molecule has 2 rings (SSSR count). The Kier molecular flexibility index (Phi) is 2.69. The smallest absolute Gasteiger partial charge is 0.122 e. The van der Waals surface area contributed by atoms with Crippen LogP contribution >= 0.6 is 0 Å². The van der Waals surface area contributed by atoms with Gasteiger partial charge in [-0.1, -0.05) is 12.1 Å². The van der Waals surface area contributed by atoms with Crippen molar-refractivity contribution < 1.29 is 0 Å². The van der Waals surface area contributed by atoms with Crippen LogP contribution in [0.4, 0.5) is 5.82 Å². The molecule has 0 aliphatic heterocycles. The molecule has 0 spiro atoms. The van der Waals surface area contributed by atoms with Gasteiger partial charge in [0.05, 0.1) is 12.7 Å². The molecule has 0 aliphatic rings. The third kappa shape index (κ3) is 1.94. The third-order valence-electron chi connectivity index (χ3n) is 3.02. The van der Waals surface area contributed by atoms with Crippen molar-refractivity contribution in [2.45, 2.75) is 27.3 Å². The SMILES string of the molecule is Cc1cc(C)c(Cn2nccc2N)cc1C. The maximum Gasteiger partial charge on any atom is 0.122 e. The van der Waals surface area contributed by atoms with Crippen molar-refractivity contribution in [2.75, 3.05) is 5.73 Å². The van der Waals surface area contributed by atoms with Crippen LogP contribution in [-0.4, -0.2) is 9.78 Å². The summed E-state index contributed by atoms with van der Waals surface area (Å²) >= 11 is 0. The lowest BCUT2D eigenvalue weighted by molar-refractivity contribution is 0.693. The predicted octanol–water partition coefficient (Wildman–Crippen LogP) is 2.44. The molecular weight excluding hydrogens is 198 g/mol. The molecule has 0 saturated heterocycles. The molecule has 16 heavy (non-hydrogen) atoms. The normalized spacial score (nSPS) is 10.7. The highest BCUT2D eigenvalue weighted by molar-refractivity contribution is 5.37. The average Bonchev–Trinajstić information content (AvgIpc) is 2.61. The van der Waals surface area contributed by atoms with E-state index in [4.69, 9.17) is 5.73 Å². The minimum atomic E-state index is 0.706. The molecule has 2 aromatic rings. The van der Waals surface area contributed by atoms with Crippen molar-refractivity contribution in [1.82, 2.24) is 9.78 Å². The molecule has 0 saturated carbocycles. The van der Waals surface area contributed by atoms with E-state index in [1.165, 1.54) is 22.3 Å². The molecule has 3 heteroatoms. The summed E-state index contributed by atoms with van der Waals surface area (Å²) in [6.07, 6.45) is 1.73. The number of anilines is 1. The first kappa shape index (κ1) is 10.7. The van der Waals surface area contributed by atoms with E-state index in [1.807, 2.05) is 10.7 Å². The summed E-state index contributed by atoms with van der Waals surface area (Å²) in [5.41, 5.74) is 11.0. The summed E-state index contributed by atoms with van der Waals surface area (Å²) in [5, 5.41) is 4.20. The molecule has 1 heterocycles. The second-order valence-corrected chi connectivity index (χ2v) is 4.28. The summed E-state index contributed by atoms with van der Waals surface area (Å²) in [4.78, 5) is 0. The number of aryl methyl sites for hydroxylation is 3. The molecule has 0 radical (unpaired) electrons. The van der Waals surface area contributed by atoms with E-state index in [0.717, 1.165) is 6.54 Å². The highest BCUT2D eigenvalue weighted by atomic mass is 15.3. The fourth-order valence-corrected chi connectivity index (χ4v) is 1.83. The van der Waals surface area contributed by atoms with Crippen LogP contribution < -0.4 is 5.73 Å². The molecule has 0 aliphatic carbocycles. The van der Waals surface area contributed by atoms with Gasteiger partial charge in [-0.25, -0.2) is 4.68 Å². The Hall–Kier alpha value is -1.77. The second-order valence-electron chi connectivity index (χ2n) is 4.28. The maximum atomic E-state index is 5.81. The largest absolute Gasteiger partial charge is 0.384 e. The van der Waals surface area contributed by atoms with Gasteiger partial charge in [-0.2, -0.15) is 5.10 Å². The van der Waals surface area contributed by atoms with E-state index in [-0.39, 0.29) is 0 Å². The van der Waals surface area contributed by atoms with Gasteiger partial charge in [-0.05, 0) is 49.1 Å². The second kappa shape index (κ2) is 4.00. The van der Waals surface area contributed by atoms with Crippen LogP contribution in [-0.2, 0) is 6.54 Å². The van der Waals surface area contributed by atoms with Crippen molar-refractivity contribution in [3.05, 3.63) is 46.6 Å². The molecule has 0 bridgehead atoms. The first-order valence-corrected chi connectivity index (χ1v) is 5.42. The van der Waals surface area contributed by atoms with E-state index in [0.29, 0.717) is 5.82 Å². The van der Waals surface area contributed by atoms with Gasteiger partial charge >= 0.3 is 0 Å². The van der Waals surface area contributed by atoms with Crippen molar-refractivity contribution in [1.29, 1.82) is 0 Å². The number of aromatic nitrogens is 2. The maximum absolute atomic E-state index is 5.81. The van der Waals surface area contributed by atoms with E-state index >= 15 is 0 Å². The molecule has 0 atom stereocenters. The van der Waals surface area contributed by atoms with Crippen LogP contribution in [0.5, 0.6) is 0 Å². The summed E-state index contributed by atoms with van der Waals surface area (Å²) in [6.45, 7) is 7.13. The number of hydrogen-bond acceptors (Lipinski definition) is 2. The van der Waals surface area contributed by atoms with Crippen molar-refractivity contribution in [3.8, 4) is 0 Å². The standard InChI is InChI=1S/C13H17N3/c1-9-6-11(3)12(7-10(9)2)8-16-13(14)4-5-15-16/h4-7H,8,14H2,1-3H3. The zero-order valence-electron chi connectivity index (χ0n) is 9.99. The number of nitrogens with two attached hydrogens (primary N) is 1. The summed E-state index contributed by atoms with van der Waals surface area (Å²) < 4.78 is 1.82. The predicted molar refractivity (Wildman–Crippen MR) is 66.4 cm³/mol.